The molecule has 0 aromatic heterocycles. The first-order chi connectivity index (χ1) is 11.9. The second-order valence-corrected chi connectivity index (χ2v) is 6.40. The molecule has 1 saturated heterocycles. The van der Waals surface area contributed by atoms with Crippen LogP contribution in [0, 0.1) is 0 Å². The number of nitrogens with one attached hydrogen (secondary N) is 3. The van der Waals surface area contributed by atoms with Crippen molar-refractivity contribution in [2.75, 3.05) is 13.7 Å². The van der Waals surface area contributed by atoms with Gasteiger partial charge in [-0.05, 0) is 51.3 Å². The molecule has 1 aliphatic rings. The molecule has 0 bridgehead atoms. The molecule has 1 aliphatic heterocycles. The molecule has 0 unspecified atom stereocenters. The molecule has 3 amide bonds. The summed E-state index contributed by atoms with van der Waals surface area (Å²) in [6.45, 7) is 6.43. The fraction of sp³-hybridized carbons (Fsp3) is 0.556. The summed E-state index contributed by atoms with van der Waals surface area (Å²) in [5, 5.41) is 8.31. The maximum atomic E-state index is 12.1. The van der Waals surface area contributed by atoms with Crippen LogP contribution in [-0.4, -0.2) is 37.7 Å². The Morgan fingerprint density at radius 2 is 2.04 bits per heavy atom. The van der Waals surface area contributed by atoms with Gasteiger partial charge in [0.15, 0.2) is 11.5 Å². The summed E-state index contributed by atoms with van der Waals surface area (Å²) in [4.78, 5) is 23.9. The van der Waals surface area contributed by atoms with E-state index in [1.165, 1.54) is 0 Å². The van der Waals surface area contributed by atoms with E-state index in [2.05, 4.69) is 16.0 Å². The predicted molar refractivity (Wildman–Crippen MR) is 94.9 cm³/mol. The average Bonchev–Trinajstić information content (AvgIpc) is 2.56. The van der Waals surface area contributed by atoms with Gasteiger partial charge < -0.3 is 25.4 Å². The minimum absolute atomic E-state index is 0.0442. The number of ether oxygens (including phenoxy) is 2. The van der Waals surface area contributed by atoms with Crippen LogP contribution in [0.15, 0.2) is 18.2 Å². The quantitative estimate of drug-likeness (QED) is 0.734. The molecule has 2 atom stereocenters. The lowest BCUT2D eigenvalue weighted by atomic mass is 10.1. The van der Waals surface area contributed by atoms with E-state index in [1.54, 1.807) is 7.11 Å². The van der Waals surface area contributed by atoms with Crippen molar-refractivity contribution in [1.29, 1.82) is 0 Å². The van der Waals surface area contributed by atoms with E-state index in [0.717, 1.165) is 12.0 Å². The summed E-state index contributed by atoms with van der Waals surface area (Å²) in [6.07, 6.45) is 1.56. The van der Waals surface area contributed by atoms with Crippen molar-refractivity contribution in [1.82, 2.24) is 16.0 Å². The maximum Gasteiger partial charge on any atom is 0.315 e. The summed E-state index contributed by atoms with van der Waals surface area (Å²) in [6, 6.07) is 4.48. The Morgan fingerprint density at radius 3 is 2.68 bits per heavy atom. The van der Waals surface area contributed by atoms with Crippen molar-refractivity contribution in [3.8, 4) is 11.5 Å². The number of hydrogen-bond acceptors (Lipinski definition) is 4. The highest BCUT2D eigenvalue weighted by Gasteiger charge is 2.24. The monoisotopic (exact) mass is 349 g/mol. The van der Waals surface area contributed by atoms with Crippen LogP contribution in [0.2, 0.25) is 0 Å². The highest BCUT2D eigenvalue weighted by atomic mass is 16.5. The average molecular weight is 349 g/mol. The molecule has 1 fully saturated rings. The Morgan fingerprint density at radius 1 is 1.28 bits per heavy atom. The minimum atomic E-state index is -0.475. The molecule has 2 rings (SSSR count). The predicted octanol–water partition coefficient (Wildman–Crippen LogP) is 2.12. The van der Waals surface area contributed by atoms with E-state index >= 15 is 0 Å². The first-order valence-corrected chi connectivity index (χ1v) is 8.60. The number of urea groups is 1. The number of methoxy groups -OCH3 is 1. The van der Waals surface area contributed by atoms with Gasteiger partial charge >= 0.3 is 6.03 Å². The van der Waals surface area contributed by atoms with Crippen molar-refractivity contribution in [2.24, 2.45) is 0 Å². The third-order valence-corrected chi connectivity index (χ3v) is 3.99. The van der Waals surface area contributed by atoms with Gasteiger partial charge in [0.2, 0.25) is 5.91 Å². The van der Waals surface area contributed by atoms with Crippen molar-refractivity contribution in [3.63, 3.8) is 0 Å². The Bertz CT molecular complexity index is 618. The highest BCUT2D eigenvalue weighted by Crippen LogP contribution is 2.31. The van der Waals surface area contributed by atoms with E-state index in [-0.39, 0.29) is 24.1 Å². The van der Waals surface area contributed by atoms with Crippen LogP contribution >= 0.6 is 0 Å². The van der Waals surface area contributed by atoms with Gasteiger partial charge in [0.25, 0.3) is 0 Å². The summed E-state index contributed by atoms with van der Waals surface area (Å²) in [7, 11) is 1.58. The lowest BCUT2D eigenvalue weighted by molar-refractivity contribution is -0.124. The molecule has 3 N–H and O–H groups in total. The van der Waals surface area contributed by atoms with Gasteiger partial charge in [-0.2, -0.15) is 0 Å². The number of carbonyl (C=O) groups excluding carboxylic acids is 2. The zero-order valence-corrected chi connectivity index (χ0v) is 15.2. The Kier molecular flexibility index (Phi) is 6.50. The Labute approximate surface area is 148 Å². The van der Waals surface area contributed by atoms with Crippen LogP contribution in [-0.2, 0) is 4.79 Å². The van der Waals surface area contributed by atoms with Gasteiger partial charge in [0.1, 0.15) is 6.04 Å². The molecule has 25 heavy (non-hydrogen) atoms. The Hall–Kier alpha value is -2.44. The Balaban J connectivity index is 1.98. The number of hydrogen-bond donors (Lipinski definition) is 3. The molecule has 138 valence electrons. The van der Waals surface area contributed by atoms with Crippen molar-refractivity contribution in [2.45, 2.75) is 51.8 Å². The second kappa shape index (κ2) is 8.60. The normalized spacial score (nSPS) is 18.3. The molecule has 0 radical (unpaired) electrons. The number of carbonyl (C=O) groups is 2. The summed E-state index contributed by atoms with van der Waals surface area (Å²) < 4.78 is 11.1. The SMILES string of the molecule is COc1cc([C@@H](C)NC(=O)N[C@@H]2CCCNC2=O)ccc1OC(C)C. The molecule has 0 aliphatic carbocycles. The third kappa shape index (κ3) is 5.27. The van der Waals surface area contributed by atoms with Gasteiger partial charge in [-0.15, -0.1) is 0 Å². The first kappa shape index (κ1) is 18.9. The van der Waals surface area contributed by atoms with Crippen LogP contribution in [0.25, 0.3) is 0 Å². The number of rotatable bonds is 6. The molecule has 1 aromatic rings. The molecular weight excluding hydrogens is 322 g/mol. The van der Waals surface area contributed by atoms with Crippen LogP contribution in [0.3, 0.4) is 0 Å². The molecule has 7 heteroatoms. The maximum absolute atomic E-state index is 12.1. The molecule has 0 saturated carbocycles. The molecule has 7 nitrogen and oxygen atoms in total. The summed E-state index contributed by atoms with van der Waals surface area (Å²) in [5.74, 6) is 1.15. The summed E-state index contributed by atoms with van der Waals surface area (Å²) in [5.41, 5.74) is 0.885. The van der Waals surface area contributed by atoms with Gasteiger partial charge in [0, 0.05) is 6.54 Å². The van der Waals surface area contributed by atoms with E-state index in [1.807, 2.05) is 39.0 Å². The first-order valence-electron chi connectivity index (χ1n) is 8.60. The zero-order valence-electron chi connectivity index (χ0n) is 15.2. The number of amides is 3. The molecular formula is C18H27N3O4. The van der Waals surface area contributed by atoms with E-state index in [4.69, 9.17) is 9.47 Å². The molecule has 0 spiro atoms. The van der Waals surface area contributed by atoms with Gasteiger partial charge in [-0.1, -0.05) is 6.07 Å². The van der Waals surface area contributed by atoms with Crippen molar-refractivity contribution < 1.29 is 19.1 Å². The highest BCUT2D eigenvalue weighted by molar-refractivity contribution is 5.87. The largest absolute Gasteiger partial charge is 0.493 e. The van der Waals surface area contributed by atoms with E-state index in [9.17, 15) is 9.59 Å². The molecule has 1 aromatic carbocycles. The van der Waals surface area contributed by atoms with Crippen LogP contribution in [0.5, 0.6) is 11.5 Å². The fourth-order valence-corrected chi connectivity index (χ4v) is 2.69. The second-order valence-electron chi connectivity index (χ2n) is 6.40. The van der Waals surface area contributed by atoms with Gasteiger partial charge in [-0.3, -0.25) is 4.79 Å². The standard InChI is InChI=1S/C18H27N3O4/c1-11(2)25-15-8-7-13(10-16(15)24-4)12(3)20-18(23)21-14-6-5-9-19-17(14)22/h7-8,10-12,14H,5-6,9H2,1-4H3,(H,19,22)(H2,20,21,23)/t12-,14-/m1/s1. The topological polar surface area (TPSA) is 88.7 Å². The third-order valence-electron chi connectivity index (χ3n) is 3.99. The lowest BCUT2D eigenvalue weighted by Gasteiger charge is -2.24. The molecule has 1 heterocycles. The van der Waals surface area contributed by atoms with E-state index < -0.39 is 6.04 Å². The van der Waals surface area contributed by atoms with Crippen LogP contribution in [0.4, 0.5) is 4.79 Å². The zero-order chi connectivity index (χ0) is 18.4. The van der Waals surface area contributed by atoms with Crippen molar-refractivity contribution in [3.05, 3.63) is 23.8 Å². The van der Waals surface area contributed by atoms with E-state index in [0.29, 0.717) is 24.5 Å². The van der Waals surface area contributed by atoms with Crippen LogP contribution < -0.4 is 25.4 Å². The van der Waals surface area contributed by atoms with Gasteiger partial charge in [0.05, 0.1) is 19.3 Å². The van der Waals surface area contributed by atoms with Crippen LogP contribution in [0.1, 0.15) is 45.2 Å². The van der Waals surface area contributed by atoms with Gasteiger partial charge in [-0.25, -0.2) is 4.79 Å². The van der Waals surface area contributed by atoms with Crippen molar-refractivity contribution >= 4 is 11.9 Å². The number of piperidine rings is 1. The summed E-state index contributed by atoms with van der Waals surface area (Å²) >= 11 is 0. The lowest BCUT2D eigenvalue weighted by Crippen LogP contribution is -2.52. The smallest absolute Gasteiger partial charge is 0.315 e. The number of benzene rings is 1. The fourth-order valence-electron chi connectivity index (χ4n) is 2.69. The minimum Gasteiger partial charge on any atom is -0.493 e.